The van der Waals surface area contributed by atoms with Crippen molar-refractivity contribution in [1.82, 2.24) is 4.57 Å². The van der Waals surface area contributed by atoms with E-state index in [1.54, 1.807) is 0 Å². The van der Waals surface area contributed by atoms with Gasteiger partial charge in [-0.15, -0.1) is 0 Å². The highest BCUT2D eigenvalue weighted by Gasteiger charge is 2.17. The van der Waals surface area contributed by atoms with Crippen LogP contribution >= 0.6 is 15.9 Å². The van der Waals surface area contributed by atoms with Crippen molar-refractivity contribution in [3.63, 3.8) is 0 Å². The van der Waals surface area contributed by atoms with Crippen LogP contribution in [0.5, 0.6) is 0 Å². The molecule has 0 saturated carbocycles. The molecule has 1 atom stereocenters. The lowest BCUT2D eigenvalue weighted by Gasteiger charge is -2.18. The lowest BCUT2D eigenvalue weighted by molar-refractivity contribution is 0.315. The van der Waals surface area contributed by atoms with Gasteiger partial charge in [-0.05, 0) is 29.8 Å². The maximum Gasteiger partial charge on any atom is 0.166 e. The van der Waals surface area contributed by atoms with Gasteiger partial charge in [0.1, 0.15) is 6.04 Å². The molecule has 2 aromatic rings. The number of hydrogen-bond donors (Lipinski definition) is 2. The Kier molecular flexibility index (Phi) is 3.49. The molecule has 4 nitrogen and oxygen atoms in total. The summed E-state index contributed by atoms with van der Waals surface area (Å²) in [5, 5.41) is 12.0. The molecule has 5 heteroatoms. The Hall–Kier alpha value is -1.75. The molecule has 17 heavy (non-hydrogen) atoms. The highest BCUT2D eigenvalue weighted by atomic mass is 79.9. The van der Waals surface area contributed by atoms with E-state index >= 15 is 0 Å². The summed E-state index contributed by atoms with van der Waals surface area (Å²) in [6.07, 6.45) is 3.76. The van der Waals surface area contributed by atoms with E-state index in [4.69, 9.17) is 10.9 Å². The summed E-state index contributed by atoms with van der Waals surface area (Å²) >= 11 is 3.41. The first-order valence-corrected chi connectivity index (χ1v) is 5.87. The minimum atomic E-state index is -0.299. The quantitative estimate of drug-likeness (QED) is 0.395. The van der Waals surface area contributed by atoms with Gasteiger partial charge >= 0.3 is 0 Å². The Balaban J connectivity index is 2.48. The second kappa shape index (κ2) is 5.05. The van der Waals surface area contributed by atoms with Gasteiger partial charge in [0.15, 0.2) is 5.84 Å². The highest BCUT2D eigenvalue weighted by Crippen LogP contribution is 2.22. The summed E-state index contributed by atoms with van der Waals surface area (Å²) in [7, 11) is 0. The fourth-order valence-electron chi connectivity index (χ4n) is 1.75. The van der Waals surface area contributed by atoms with E-state index < -0.39 is 0 Å². The van der Waals surface area contributed by atoms with Crippen molar-refractivity contribution in [2.75, 3.05) is 0 Å². The zero-order valence-corrected chi connectivity index (χ0v) is 10.6. The Labute approximate surface area is 107 Å². The summed E-state index contributed by atoms with van der Waals surface area (Å²) in [6.45, 7) is 0. The third-order valence-electron chi connectivity index (χ3n) is 2.49. The van der Waals surface area contributed by atoms with Crippen molar-refractivity contribution in [2.45, 2.75) is 6.04 Å². The van der Waals surface area contributed by atoms with Crippen LogP contribution in [0.15, 0.2) is 58.4 Å². The van der Waals surface area contributed by atoms with Crippen molar-refractivity contribution >= 4 is 21.8 Å². The molecule has 2 rings (SSSR count). The highest BCUT2D eigenvalue weighted by molar-refractivity contribution is 9.10. The Morgan fingerprint density at radius 3 is 2.59 bits per heavy atom. The minimum Gasteiger partial charge on any atom is -0.409 e. The summed E-state index contributed by atoms with van der Waals surface area (Å²) < 4.78 is 2.84. The summed E-state index contributed by atoms with van der Waals surface area (Å²) in [5.41, 5.74) is 6.70. The Bertz CT molecular complexity index is 522. The van der Waals surface area contributed by atoms with Crippen molar-refractivity contribution in [3.8, 4) is 0 Å². The molecule has 0 aliphatic carbocycles. The van der Waals surface area contributed by atoms with Gasteiger partial charge in [0.2, 0.25) is 0 Å². The molecule has 0 aliphatic rings. The smallest absolute Gasteiger partial charge is 0.166 e. The summed E-state index contributed by atoms with van der Waals surface area (Å²) in [6, 6.07) is 11.2. The van der Waals surface area contributed by atoms with E-state index in [-0.39, 0.29) is 11.9 Å². The molecule has 88 valence electrons. The molecule has 1 heterocycles. The molecule has 0 radical (unpaired) electrons. The van der Waals surface area contributed by atoms with Crippen molar-refractivity contribution in [1.29, 1.82) is 0 Å². The van der Waals surface area contributed by atoms with Crippen LogP contribution in [-0.2, 0) is 0 Å². The summed E-state index contributed by atoms with van der Waals surface area (Å²) in [4.78, 5) is 0. The molecule has 0 fully saturated rings. The molecular formula is C12H12BrN3O. The molecule has 1 aromatic heterocycles. The number of nitrogens with zero attached hydrogens (tertiary/aromatic N) is 2. The number of rotatable bonds is 3. The van der Waals surface area contributed by atoms with Gasteiger partial charge in [-0.25, -0.2) is 0 Å². The average Bonchev–Trinajstić information content (AvgIpc) is 2.83. The first-order chi connectivity index (χ1) is 8.22. The van der Waals surface area contributed by atoms with E-state index in [1.165, 1.54) is 0 Å². The number of amidine groups is 1. The zero-order valence-electron chi connectivity index (χ0n) is 8.99. The fraction of sp³-hybridized carbons (Fsp3) is 0.0833. The monoisotopic (exact) mass is 293 g/mol. The van der Waals surface area contributed by atoms with Crippen LogP contribution in [0.4, 0.5) is 0 Å². The second-order valence-electron chi connectivity index (χ2n) is 3.61. The second-order valence-corrected chi connectivity index (χ2v) is 4.53. The Morgan fingerprint density at radius 2 is 2.00 bits per heavy atom. The molecule has 0 amide bonds. The van der Waals surface area contributed by atoms with E-state index in [0.717, 1.165) is 10.0 Å². The van der Waals surface area contributed by atoms with E-state index in [1.807, 2.05) is 53.4 Å². The van der Waals surface area contributed by atoms with Crippen molar-refractivity contribution < 1.29 is 5.21 Å². The van der Waals surface area contributed by atoms with E-state index in [9.17, 15) is 0 Å². The molecule has 1 aromatic carbocycles. The number of hydrogen-bond acceptors (Lipinski definition) is 2. The lowest BCUT2D eigenvalue weighted by Crippen LogP contribution is -2.27. The van der Waals surface area contributed by atoms with Crippen LogP contribution in [0.25, 0.3) is 0 Å². The first-order valence-electron chi connectivity index (χ1n) is 5.07. The van der Waals surface area contributed by atoms with Crippen molar-refractivity contribution in [3.05, 3.63) is 58.8 Å². The third kappa shape index (κ3) is 2.50. The van der Waals surface area contributed by atoms with Gasteiger partial charge < -0.3 is 15.5 Å². The van der Waals surface area contributed by atoms with E-state index in [2.05, 4.69) is 21.1 Å². The number of halogens is 1. The SMILES string of the molecule is NC(=NO)[C@H](c1cccc(Br)c1)n1cccc1. The topological polar surface area (TPSA) is 63.5 Å². The standard InChI is InChI=1S/C12H12BrN3O/c13-10-5-3-4-9(8-10)11(12(14)15-17)16-6-1-2-7-16/h1-8,11,17H,(H2,14,15)/t11-/m0/s1. The van der Waals surface area contributed by atoms with Gasteiger partial charge in [0.05, 0.1) is 0 Å². The molecule has 0 aliphatic heterocycles. The van der Waals surface area contributed by atoms with Crippen LogP contribution in [0, 0.1) is 0 Å². The number of oxime groups is 1. The van der Waals surface area contributed by atoms with Crippen LogP contribution < -0.4 is 5.73 Å². The Morgan fingerprint density at radius 1 is 1.29 bits per heavy atom. The number of aromatic nitrogens is 1. The third-order valence-corrected chi connectivity index (χ3v) is 2.98. The normalized spacial score (nSPS) is 13.6. The predicted molar refractivity (Wildman–Crippen MR) is 70.1 cm³/mol. The van der Waals surface area contributed by atoms with Crippen molar-refractivity contribution in [2.24, 2.45) is 10.9 Å². The van der Waals surface area contributed by atoms with Crippen LogP contribution in [-0.4, -0.2) is 15.6 Å². The van der Waals surface area contributed by atoms with E-state index in [0.29, 0.717) is 0 Å². The first kappa shape index (κ1) is 11.7. The van der Waals surface area contributed by atoms with Crippen LogP contribution in [0.3, 0.4) is 0 Å². The number of benzene rings is 1. The molecule has 0 spiro atoms. The van der Waals surface area contributed by atoms with Gasteiger partial charge in [-0.3, -0.25) is 0 Å². The largest absolute Gasteiger partial charge is 0.409 e. The maximum atomic E-state index is 8.87. The molecule has 0 unspecified atom stereocenters. The maximum absolute atomic E-state index is 8.87. The molecular weight excluding hydrogens is 282 g/mol. The van der Waals surface area contributed by atoms with Gasteiger partial charge in [0.25, 0.3) is 0 Å². The van der Waals surface area contributed by atoms with Gasteiger partial charge in [-0.1, -0.05) is 33.2 Å². The summed E-state index contributed by atoms with van der Waals surface area (Å²) in [5.74, 6) is 0.152. The fourth-order valence-corrected chi connectivity index (χ4v) is 2.16. The molecule has 0 bridgehead atoms. The lowest BCUT2D eigenvalue weighted by atomic mass is 10.1. The minimum absolute atomic E-state index is 0.152. The van der Waals surface area contributed by atoms with Crippen LogP contribution in [0.1, 0.15) is 11.6 Å². The van der Waals surface area contributed by atoms with Crippen LogP contribution in [0.2, 0.25) is 0 Å². The zero-order chi connectivity index (χ0) is 12.3. The van der Waals surface area contributed by atoms with Gasteiger partial charge in [-0.2, -0.15) is 0 Å². The molecule has 0 saturated heterocycles. The number of nitrogens with two attached hydrogens (primary N) is 1. The average molecular weight is 294 g/mol. The molecule has 3 N–H and O–H groups in total. The predicted octanol–water partition coefficient (Wildman–Crippen LogP) is 2.59. The van der Waals surface area contributed by atoms with Gasteiger partial charge in [0, 0.05) is 16.9 Å².